The minimum Gasteiger partial charge on any atom is -0.496 e. The van der Waals surface area contributed by atoms with Crippen molar-refractivity contribution in [2.45, 2.75) is 52.6 Å². The molecule has 0 bridgehead atoms. The minimum atomic E-state index is -1.21. The number of esters is 1. The van der Waals surface area contributed by atoms with Crippen LogP contribution in [0.15, 0.2) is 73.2 Å². The molecule has 0 aliphatic carbocycles. The van der Waals surface area contributed by atoms with Gasteiger partial charge in [0, 0.05) is 29.3 Å². The molecule has 14 heteroatoms. The molecular weight excluding hydrogens is 780 g/mol. The van der Waals surface area contributed by atoms with Crippen molar-refractivity contribution >= 4 is 45.4 Å². The van der Waals surface area contributed by atoms with Gasteiger partial charge < -0.3 is 28.4 Å². The molecule has 0 spiro atoms. The maximum absolute atomic E-state index is 13.7. The molecule has 58 heavy (non-hydrogen) atoms. The molecule has 1 atom stereocenters. The molecule has 0 amide bonds. The van der Waals surface area contributed by atoms with Crippen molar-refractivity contribution in [2.24, 2.45) is 0 Å². The summed E-state index contributed by atoms with van der Waals surface area (Å²) in [5, 5.41) is 1.06. The number of ether oxygens (including phenoxy) is 6. The number of carbonyl (C=O) groups excluding carboxylic acids is 2. The Kier molecular flexibility index (Phi) is 12.9. The largest absolute Gasteiger partial charge is 0.496 e. The summed E-state index contributed by atoms with van der Waals surface area (Å²) in [5.74, 6) is 7.27. The highest BCUT2D eigenvalue weighted by atomic mass is 35.5. The number of hydrogen-bond donors (Lipinski definition) is 0. The quantitative estimate of drug-likeness (QED) is 0.0591. The van der Waals surface area contributed by atoms with E-state index in [1.165, 1.54) is 17.7 Å². The first kappa shape index (κ1) is 40.3. The Hall–Kier alpha value is -5.91. The number of halogens is 1. The predicted octanol–water partition coefficient (Wildman–Crippen LogP) is 8.54. The van der Waals surface area contributed by atoms with Crippen LogP contribution in [0.5, 0.6) is 17.4 Å². The topological polar surface area (TPSA) is 141 Å². The van der Waals surface area contributed by atoms with Gasteiger partial charge in [-0.25, -0.2) is 24.7 Å². The lowest BCUT2D eigenvalue weighted by molar-refractivity contribution is -0.182. The Morgan fingerprint density at radius 1 is 1.05 bits per heavy atom. The van der Waals surface area contributed by atoms with Crippen molar-refractivity contribution in [2.75, 3.05) is 26.9 Å². The van der Waals surface area contributed by atoms with E-state index in [9.17, 15) is 9.59 Å². The molecule has 0 saturated carbocycles. The highest BCUT2D eigenvalue weighted by molar-refractivity contribution is 7.19. The van der Waals surface area contributed by atoms with E-state index in [2.05, 4.69) is 26.8 Å². The van der Waals surface area contributed by atoms with E-state index >= 15 is 0 Å². The summed E-state index contributed by atoms with van der Waals surface area (Å²) in [7, 11) is 1.59. The van der Waals surface area contributed by atoms with Crippen molar-refractivity contribution < 1.29 is 38.0 Å². The van der Waals surface area contributed by atoms with E-state index in [4.69, 9.17) is 45.0 Å². The van der Waals surface area contributed by atoms with Gasteiger partial charge in [-0.2, -0.15) is 0 Å². The number of hydrogen-bond acceptors (Lipinski definition) is 13. The van der Waals surface area contributed by atoms with Crippen LogP contribution >= 0.6 is 22.9 Å². The summed E-state index contributed by atoms with van der Waals surface area (Å²) in [6.07, 6.45) is 2.76. The second-order valence-electron chi connectivity index (χ2n) is 13.0. The van der Waals surface area contributed by atoms with Gasteiger partial charge in [-0.3, -0.25) is 4.79 Å². The Bertz CT molecular complexity index is 2530. The number of rotatable bonds is 14. The second-order valence-corrected chi connectivity index (χ2v) is 14.4. The van der Waals surface area contributed by atoms with Crippen LogP contribution in [-0.4, -0.2) is 65.2 Å². The number of fused-ring (bicyclic) bond motifs is 1. The monoisotopic (exact) mass is 818 g/mol. The number of thiophene rings is 1. The highest BCUT2D eigenvalue weighted by Gasteiger charge is 2.30. The summed E-state index contributed by atoms with van der Waals surface area (Å²) in [6.45, 7) is 6.72. The molecule has 7 rings (SSSR count). The molecule has 1 aliphatic rings. The zero-order valence-corrected chi connectivity index (χ0v) is 33.8. The van der Waals surface area contributed by atoms with Crippen LogP contribution in [0.2, 0.25) is 5.02 Å². The number of aromatic nitrogens is 4. The first-order valence-corrected chi connectivity index (χ1v) is 19.7. The number of carbonyl (C=O) groups is 2. The molecule has 4 heterocycles. The number of para-hydroxylation sites is 1. The number of aldehydes is 1. The third-order valence-electron chi connectivity index (χ3n) is 9.32. The normalized spacial score (nSPS) is 13.3. The van der Waals surface area contributed by atoms with Crippen LogP contribution in [-0.2, 0) is 32.0 Å². The van der Waals surface area contributed by atoms with E-state index in [0.29, 0.717) is 68.2 Å². The summed E-state index contributed by atoms with van der Waals surface area (Å²) < 4.78 is 35.6. The van der Waals surface area contributed by atoms with Crippen LogP contribution in [0.4, 0.5) is 0 Å². The Labute approximate surface area is 344 Å². The summed E-state index contributed by atoms with van der Waals surface area (Å²) in [4.78, 5) is 45.3. The van der Waals surface area contributed by atoms with Crippen LogP contribution in [0.25, 0.3) is 32.7 Å². The average molecular weight is 819 g/mol. The third-order valence-corrected chi connectivity index (χ3v) is 10.8. The van der Waals surface area contributed by atoms with Gasteiger partial charge in [-0.15, -0.1) is 17.3 Å². The smallest absolute Gasteiger partial charge is 0.347 e. The van der Waals surface area contributed by atoms with Gasteiger partial charge in [0.05, 0.1) is 53.5 Å². The average Bonchev–Trinajstić information content (AvgIpc) is 3.62. The van der Waals surface area contributed by atoms with E-state index in [1.807, 2.05) is 43.3 Å². The van der Waals surface area contributed by atoms with Crippen molar-refractivity contribution in [3.63, 3.8) is 0 Å². The van der Waals surface area contributed by atoms with Gasteiger partial charge in [0.15, 0.2) is 12.1 Å². The van der Waals surface area contributed by atoms with E-state index in [-0.39, 0.29) is 25.5 Å². The molecule has 1 fully saturated rings. The van der Waals surface area contributed by atoms with Crippen LogP contribution in [0, 0.1) is 18.8 Å². The molecule has 6 aromatic rings. The van der Waals surface area contributed by atoms with E-state index in [1.54, 1.807) is 51.4 Å². The molecule has 1 aliphatic heterocycles. The maximum Gasteiger partial charge on any atom is 0.347 e. The number of benzene rings is 3. The minimum absolute atomic E-state index is 0.0282. The molecular formula is C44H39ClN4O8S. The fraction of sp³-hybridized carbons (Fsp3) is 0.273. The fourth-order valence-electron chi connectivity index (χ4n) is 6.58. The molecule has 296 valence electrons. The lowest BCUT2D eigenvalue weighted by atomic mass is 9.96. The third kappa shape index (κ3) is 8.66. The second kappa shape index (κ2) is 18.6. The molecule has 1 unspecified atom stereocenters. The van der Waals surface area contributed by atoms with Crippen LogP contribution in [0.3, 0.4) is 0 Å². The Morgan fingerprint density at radius 2 is 1.88 bits per heavy atom. The highest BCUT2D eigenvalue weighted by Crippen LogP contribution is 2.45. The summed E-state index contributed by atoms with van der Waals surface area (Å²) in [5.41, 5.74) is 5.25. The molecule has 0 N–H and O–H groups in total. The van der Waals surface area contributed by atoms with Crippen molar-refractivity contribution in [3.8, 4) is 51.7 Å². The first-order chi connectivity index (χ1) is 28.3. The number of nitrogens with zero attached hydrogens (tertiary/aromatic N) is 4. The predicted molar refractivity (Wildman–Crippen MR) is 219 cm³/mol. The number of methoxy groups -OCH3 is 1. The van der Waals surface area contributed by atoms with Gasteiger partial charge in [0.1, 0.15) is 35.5 Å². The summed E-state index contributed by atoms with van der Waals surface area (Å²) in [6, 6.07) is 18.0. The Morgan fingerprint density at radius 3 is 2.66 bits per heavy atom. The van der Waals surface area contributed by atoms with Gasteiger partial charge >= 0.3 is 5.97 Å². The van der Waals surface area contributed by atoms with Crippen molar-refractivity contribution in [1.29, 1.82) is 0 Å². The molecule has 0 radical (unpaired) electrons. The summed E-state index contributed by atoms with van der Waals surface area (Å²) >= 11 is 8.39. The van der Waals surface area contributed by atoms with Gasteiger partial charge in [-0.1, -0.05) is 41.8 Å². The van der Waals surface area contributed by atoms with Crippen molar-refractivity contribution in [3.05, 3.63) is 111 Å². The van der Waals surface area contributed by atoms with Crippen molar-refractivity contribution in [1.82, 2.24) is 19.9 Å². The maximum atomic E-state index is 13.7. The van der Waals surface area contributed by atoms with Crippen LogP contribution < -0.4 is 14.2 Å². The first-order valence-electron chi connectivity index (χ1n) is 18.6. The standard InChI is InChI=1S/C44H39ClN4O8S/c1-5-10-36-37(30-14-15-32(39(45)26(30)3)44-54-19-9-20-55-44)38-41(47-25-48-42(38)58-36)57-35(43(51)53-6-2)22-28-21-27(23-50)13-16-33(28)56-24-29-17-18-46-40(49-29)31-11-7-8-12-34(31)52-4/h7-8,11-18,21,23,25,35,44H,6,9,19-20,22,24H2,1-4H3. The zero-order chi connectivity index (χ0) is 40.6. The van der Waals surface area contributed by atoms with Crippen LogP contribution in [0.1, 0.15) is 64.2 Å². The molecule has 1 saturated heterocycles. The Balaban J connectivity index is 1.23. The van der Waals surface area contributed by atoms with Gasteiger partial charge in [-0.05, 0) is 80.3 Å². The molecule has 3 aromatic carbocycles. The van der Waals surface area contributed by atoms with Gasteiger partial charge in [0.25, 0.3) is 0 Å². The van der Waals surface area contributed by atoms with E-state index < -0.39 is 18.4 Å². The SMILES string of the molecule is CC#Cc1sc2ncnc(OC(Cc3cc(C=O)ccc3OCc3ccnc(-c4ccccc4OC)n3)C(=O)OCC)c2c1-c1ccc(C2OCCCO2)c(Cl)c1C. The lowest BCUT2D eigenvalue weighted by Crippen LogP contribution is -2.32. The lowest BCUT2D eigenvalue weighted by Gasteiger charge is -2.25. The zero-order valence-electron chi connectivity index (χ0n) is 32.2. The fourth-order valence-corrected chi connectivity index (χ4v) is 7.89. The van der Waals surface area contributed by atoms with E-state index in [0.717, 1.165) is 39.8 Å². The molecule has 12 nitrogen and oxygen atoms in total. The molecule has 3 aromatic heterocycles. The van der Waals surface area contributed by atoms with Gasteiger partial charge in [0.2, 0.25) is 12.0 Å².